The summed E-state index contributed by atoms with van der Waals surface area (Å²) in [6.07, 6.45) is -0.609. The molecule has 0 heterocycles. The summed E-state index contributed by atoms with van der Waals surface area (Å²) >= 11 is 11.9. The highest BCUT2D eigenvalue weighted by Crippen LogP contribution is 2.35. The molecule has 0 N–H and O–H groups in total. The summed E-state index contributed by atoms with van der Waals surface area (Å²) in [6.45, 7) is 1.66. The Hall–Kier alpha value is -1.85. The van der Waals surface area contributed by atoms with E-state index in [-0.39, 0.29) is 15.7 Å². The van der Waals surface area contributed by atoms with Crippen LogP contribution in [0.25, 0.3) is 0 Å². The van der Waals surface area contributed by atoms with Crippen LogP contribution in [0.4, 0.5) is 10.1 Å². The third-order valence-electron chi connectivity index (χ3n) is 2.85. The van der Waals surface area contributed by atoms with Crippen LogP contribution in [0.3, 0.4) is 0 Å². The van der Waals surface area contributed by atoms with Crippen LogP contribution in [-0.2, 0) is 0 Å². The number of hydrogen-bond acceptors (Lipinski definition) is 3. The predicted octanol–water partition coefficient (Wildman–Crippen LogP) is 5.18. The zero-order chi connectivity index (χ0) is 15.6. The third kappa shape index (κ3) is 3.43. The Morgan fingerprint density at radius 1 is 1.19 bits per heavy atom. The van der Waals surface area contributed by atoms with E-state index >= 15 is 0 Å². The van der Waals surface area contributed by atoms with Crippen LogP contribution < -0.4 is 4.74 Å². The fraction of sp³-hybridized carbons (Fsp3) is 0.143. The SMILES string of the molecule is CC(Oc1ccc([N+](=O)[O-])cc1)c1c(Cl)ccc(F)c1Cl. The number of rotatable bonds is 4. The van der Waals surface area contributed by atoms with Gasteiger partial charge in [0, 0.05) is 22.7 Å². The smallest absolute Gasteiger partial charge is 0.269 e. The molecule has 0 aliphatic heterocycles. The van der Waals surface area contributed by atoms with Gasteiger partial charge >= 0.3 is 0 Å². The average Bonchev–Trinajstić information content (AvgIpc) is 2.44. The zero-order valence-electron chi connectivity index (χ0n) is 10.8. The molecule has 0 radical (unpaired) electrons. The third-order valence-corrected chi connectivity index (χ3v) is 3.56. The summed E-state index contributed by atoms with van der Waals surface area (Å²) in [4.78, 5) is 10.1. The molecule has 2 aromatic rings. The number of benzene rings is 2. The Kier molecular flexibility index (Phi) is 4.65. The van der Waals surface area contributed by atoms with Crippen molar-refractivity contribution in [1.29, 1.82) is 0 Å². The van der Waals surface area contributed by atoms with Crippen LogP contribution in [-0.4, -0.2) is 4.92 Å². The van der Waals surface area contributed by atoms with Gasteiger partial charge in [-0.25, -0.2) is 4.39 Å². The zero-order valence-corrected chi connectivity index (χ0v) is 12.4. The van der Waals surface area contributed by atoms with Crippen LogP contribution in [0.2, 0.25) is 10.0 Å². The molecule has 2 aromatic carbocycles. The van der Waals surface area contributed by atoms with Gasteiger partial charge in [-0.1, -0.05) is 23.2 Å². The molecule has 2 rings (SSSR count). The number of ether oxygens (including phenoxy) is 1. The van der Waals surface area contributed by atoms with Crippen molar-refractivity contribution in [2.75, 3.05) is 0 Å². The van der Waals surface area contributed by atoms with Gasteiger partial charge in [0.25, 0.3) is 5.69 Å². The van der Waals surface area contributed by atoms with Crippen LogP contribution in [0.15, 0.2) is 36.4 Å². The highest BCUT2D eigenvalue weighted by atomic mass is 35.5. The predicted molar refractivity (Wildman–Crippen MR) is 78.6 cm³/mol. The van der Waals surface area contributed by atoms with Gasteiger partial charge in [0.05, 0.1) is 9.95 Å². The number of hydrogen-bond donors (Lipinski definition) is 0. The minimum Gasteiger partial charge on any atom is -0.486 e. The molecule has 0 aromatic heterocycles. The summed E-state index contributed by atoms with van der Waals surface area (Å²) in [5.41, 5.74) is 0.286. The van der Waals surface area contributed by atoms with Gasteiger partial charge in [0.15, 0.2) is 0 Å². The summed E-state index contributed by atoms with van der Waals surface area (Å²) in [6, 6.07) is 8.11. The minimum atomic E-state index is -0.609. The van der Waals surface area contributed by atoms with E-state index < -0.39 is 16.8 Å². The summed E-state index contributed by atoms with van der Waals surface area (Å²) < 4.78 is 19.1. The van der Waals surface area contributed by atoms with Gasteiger partial charge in [-0.2, -0.15) is 0 Å². The molecule has 110 valence electrons. The largest absolute Gasteiger partial charge is 0.486 e. The average molecular weight is 330 g/mol. The summed E-state index contributed by atoms with van der Waals surface area (Å²) in [5.74, 6) is -0.195. The highest BCUT2D eigenvalue weighted by molar-refractivity contribution is 6.36. The monoisotopic (exact) mass is 329 g/mol. The van der Waals surface area contributed by atoms with Crippen molar-refractivity contribution in [2.24, 2.45) is 0 Å². The van der Waals surface area contributed by atoms with Gasteiger partial charge in [0.1, 0.15) is 17.7 Å². The fourth-order valence-corrected chi connectivity index (χ4v) is 2.50. The Morgan fingerprint density at radius 2 is 1.81 bits per heavy atom. The molecular formula is C14H10Cl2FNO3. The molecule has 0 saturated carbocycles. The van der Waals surface area contributed by atoms with E-state index in [4.69, 9.17) is 27.9 Å². The maximum Gasteiger partial charge on any atom is 0.269 e. The first-order chi connectivity index (χ1) is 9.90. The molecule has 0 saturated heterocycles. The summed E-state index contributed by atoms with van der Waals surface area (Å²) in [7, 11) is 0. The molecule has 1 atom stereocenters. The Morgan fingerprint density at radius 3 is 2.38 bits per heavy atom. The standard InChI is InChI=1S/C14H10Cl2FNO3/c1-8(13-11(15)6-7-12(17)14(13)16)21-10-4-2-9(3-5-10)18(19)20/h2-8H,1H3. The topological polar surface area (TPSA) is 52.4 Å². The molecule has 21 heavy (non-hydrogen) atoms. The molecule has 0 amide bonds. The first kappa shape index (κ1) is 15.5. The quantitative estimate of drug-likeness (QED) is 0.441. The fourth-order valence-electron chi connectivity index (χ4n) is 1.82. The van der Waals surface area contributed by atoms with Gasteiger partial charge < -0.3 is 4.74 Å². The minimum absolute atomic E-state index is 0.0446. The maximum absolute atomic E-state index is 13.5. The molecule has 0 aliphatic carbocycles. The second kappa shape index (κ2) is 6.28. The van der Waals surface area contributed by atoms with Crippen LogP contribution in [0.1, 0.15) is 18.6 Å². The lowest BCUT2D eigenvalue weighted by Gasteiger charge is -2.17. The van der Waals surface area contributed by atoms with Crippen molar-refractivity contribution in [3.05, 3.63) is 67.9 Å². The molecule has 0 spiro atoms. The van der Waals surface area contributed by atoms with Crippen molar-refractivity contribution in [3.63, 3.8) is 0 Å². The number of nitro benzene ring substituents is 1. The lowest BCUT2D eigenvalue weighted by molar-refractivity contribution is -0.384. The van der Waals surface area contributed by atoms with E-state index in [1.165, 1.54) is 36.4 Å². The lowest BCUT2D eigenvalue weighted by Crippen LogP contribution is -2.05. The molecule has 1 unspecified atom stereocenters. The normalized spacial score (nSPS) is 12.0. The second-order valence-corrected chi connectivity index (χ2v) is 5.05. The van der Waals surface area contributed by atoms with Crippen LogP contribution in [0.5, 0.6) is 5.75 Å². The second-order valence-electron chi connectivity index (χ2n) is 4.27. The van der Waals surface area contributed by atoms with Crippen molar-refractivity contribution in [3.8, 4) is 5.75 Å². The van der Waals surface area contributed by atoms with E-state index in [1.807, 2.05) is 0 Å². The van der Waals surface area contributed by atoms with E-state index in [2.05, 4.69) is 0 Å². The highest BCUT2D eigenvalue weighted by Gasteiger charge is 2.18. The van der Waals surface area contributed by atoms with Crippen molar-refractivity contribution < 1.29 is 14.1 Å². The molecule has 4 nitrogen and oxygen atoms in total. The van der Waals surface area contributed by atoms with Crippen molar-refractivity contribution in [2.45, 2.75) is 13.0 Å². The summed E-state index contributed by atoms with van der Waals surface area (Å²) in [5, 5.41) is 10.8. The van der Waals surface area contributed by atoms with Gasteiger partial charge in [-0.05, 0) is 31.2 Å². The van der Waals surface area contributed by atoms with Crippen LogP contribution >= 0.6 is 23.2 Å². The molecule has 0 bridgehead atoms. The first-order valence-electron chi connectivity index (χ1n) is 5.94. The van der Waals surface area contributed by atoms with E-state index in [1.54, 1.807) is 6.92 Å². The molecule has 0 aliphatic rings. The van der Waals surface area contributed by atoms with Crippen molar-refractivity contribution >= 4 is 28.9 Å². The van der Waals surface area contributed by atoms with Gasteiger partial charge in [-0.3, -0.25) is 10.1 Å². The number of nitro groups is 1. The van der Waals surface area contributed by atoms with Gasteiger partial charge in [-0.15, -0.1) is 0 Å². The Labute approximate surface area is 130 Å². The van der Waals surface area contributed by atoms with E-state index in [9.17, 15) is 14.5 Å². The number of halogens is 3. The first-order valence-corrected chi connectivity index (χ1v) is 6.70. The molecule has 7 heteroatoms. The number of nitrogens with zero attached hydrogens (tertiary/aromatic N) is 1. The maximum atomic E-state index is 13.5. The van der Waals surface area contributed by atoms with E-state index in [0.717, 1.165) is 0 Å². The lowest BCUT2D eigenvalue weighted by atomic mass is 10.1. The number of non-ortho nitro benzene ring substituents is 1. The molecular weight excluding hydrogens is 320 g/mol. The Balaban J connectivity index is 2.24. The van der Waals surface area contributed by atoms with E-state index in [0.29, 0.717) is 11.3 Å². The van der Waals surface area contributed by atoms with Crippen molar-refractivity contribution in [1.82, 2.24) is 0 Å². The van der Waals surface area contributed by atoms with Crippen LogP contribution in [0, 0.1) is 15.9 Å². The van der Waals surface area contributed by atoms with Gasteiger partial charge in [0.2, 0.25) is 0 Å². The molecule has 0 fully saturated rings. The Bertz CT molecular complexity index is 677.